The van der Waals surface area contributed by atoms with Gasteiger partial charge in [-0.2, -0.15) is 0 Å². The zero-order valence-corrected chi connectivity index (χ0v) is 16.3. The van der Waals surface area contributed by atoms with E-state index in [1.807, 2.05) is 32.9 Å². The van der Waals surface area contributed by atoms with Crippen molar-refractivity contribution in [3.05, 3.63) is 27.3 Å². The van der Waals surface area contributed by atoms with Crippen LogP contribution in [0, 0.1) is 3.57 Å². The topological polar surface area (TPSA) is 48.0 Å². The number of benzene rings is 1. The second kappa shape index (κ2) is 7.70. The van der Waals surface area contributed by atoms with Crippen molar-refractivity contribution in [2.75, 3.05) is 26.8 Å². The van der Waals surface area contributed by atoms with Crippen LogP contribution in [0.5, 0.6) is 5.75 Å². The summed E-state index contributed by atoms with van der Waals surface area (Å²) in [6.45, 7) is 7.30. The lowest BCUT2D eigenvalue weighted by Crippen LogP contribution is -2.48. The Morgan fingerprint density at radius 1 is 1.43 bits per heavy atom. The fraction of sp³-hybridized carbons (Fsp3) is 0.588. The molecule has 0 saturated carbocycles. The van der Waals surface area contributed by atoms with Gasteiger partial charge in [0.1, 0.15) is 11.4 Å². The highest BCUT2D eigenvalue weighted by atomic mass is 127. The Morgan fingerprint density at radius 3 is 2.78 bits per heavy atom. The van der Waals surface area contributed by atoms with Crippen LogP contribution in [-0.2, 0) is 15.9 Å². The Kier molecular flexibility index (Phi) is 6.13. The molecule has 1 fully saturated rings. The SMILES string of the molecule is COc1ccc(C[C@@H]2CN(C(=O)OC(C)(C)C)CCO2)cc1I. The van der Waals surface area contributed by atoms with Gasteiger partial charge in [0, 0.05) is 13.0 Å². The molecule has 1 atom stereocenters. The molecule has 0 unspecified atom stereocenters. The molecule has 6 heteroatoms. The molecule has 5 nitrogen and oxygen atoms in total. The van der Waals surface area contributed by atoms with Gasteiger partial charge in [0.2, 0.25) is 0 Å². The van der Waals surface area contributed by atoms with Crippen molar-refractivity contribution < 1.29 is 19.0 Å². The third kappa shape index (κ3) is 5.53. The third-order valence-electron chi connectivity index (χ3n) is 3.47. The van der Waals surface area contributed by atoms with E-state index in [-0.39, 0.29) is 12.2 Å². The van der Waals surface area contributed by atoms with E-state index in [0.29, 0.717) is 19.7 Å². The van der Waals surface area contributed by atoms with E-state index >= 15 is 0 Å². The Hall–Kier alpha value is -1.02. The van der Waals surface area contributed by atoms with Gasteiger partial charge < -0.3 is 19.1 Å². The maximum Gasteiger partial charge on any atom is 0.410 e. The van der Waals surface area contributed by atoms with Crippen molar-refractivity contribution in [1.82, 2.24) is 4.90 Å². The molecule has 0 aliphatic carbocycles. The van der Waals surface area contributed by atoms with Crippen LogP contribution in [0.4, 0.5) is 4.79 Å². The summed E-state index contributed by atoms with van der Waals surface area (Å²) in [7, 11) is 1.67. The molecule has 0 aromatic heterocycles. The molecule has 1 aromatic carbocycles. The van der Waals surface area contributed by atoms with Crippen molar-refractivity contribution in [1.29, 1.82) is 0 Å². The number of amides is 1. The van der Waals surface area contributed by atoms with Crippen LogP contribution < -0.4 is 4.74 Å². The van der Waals surface area contributed by atoms with Crippen LogP contribution in [-0.4, -0.2) is 49.5 Å². The maximum atomic E-state index is 12.2. The highest BCUT2D eigenvalue weighted by molar-refractivity contribution is 14.1. The number of carbonyl (C=O) groups is 1. The van der Waals surface area contributed by atoms with Crippen molar-refractivity contribution in [2.24, 2.45) is 0 Å². The van der Waals surface area contributed by atoms with Crippen LogP contribution in [0.2, 0.25) is 0 Å². The molecular weight excluding hydrogens is 409 g/mol. The standard InChI is InChI=1S/C17H24INO4/c1-17(2,3)23-16(20)19-7-8-22-13(11-19)9-12-5-6-15(21-4)14(18)10-12/h5-6,10,13H,7-9,11H2,1-4H3/t13-/m1/s1. The van der Waals surface area contributed by atoms with E-state index in [0.717, 1.165) is 15.7 Å². The second-order valence-corrected chi connectivity index (χ2v) is 7.75. The summed E-state index contributed by atoms with van der Waals surface area (Å²) in [5.74, 6) is 0.870. The number of nitrogens with zero attached hydrogens (tertiary/aromatic N) is 1. The molecule has 0 N–H and O–H groups in total. The van der Waals surface area contributed by atoms with Crippen LogP contribution in [0.3, 0.4) is 0 Å². The molecule has 1 saturated heterocycles. The van der Waals surface area contributed by atoms with Crippen molar-refractivity contribution >= 4 is 28.7 Å². The molecule has 2 rings (SSSR count). The van der Waals surface area contributed by atoms with E-state index < -0.39 is 5.60 Å². The molecule has 1 aromatic rings. The first-order valence-electron chi connectivity index (χ1n) is 7.70. The third-order valence-corrected chi connectivity index (χ3v) is 4.31. The average Bonchev–Trinajstić information content (AvgIpc) is 2.46. The number of rotatable bonds is 3. The lowest BCUT2D eigenvalue weighted by atomic mass is 10.1. The smallest absolute Gasteiger partial charge is 0.410 e. The predicted octanol–water partition coefficient (Wildman–Crippen LogP) is 3.48. The van der Waals surface area contributed by atoms with Crippen molar-refractivity contribution in [2.45, 2.75) is 38.9 Å². The van der Waals surface area contributed by atoms with Gasteiger partial charge in [-0.15, -0.1) is 0 Å². The second-order valence-electron chi connectivity index (χ2n) is 6.59. The van der Waals surface area contributed by atoms with E-state index in [4.69, 9.17) is 14.2 Å². The van der Waals surface area contributed by atoms with Gasteiger partial charge in [0.25, 0.3) is 0 Å². The molecule has 1 amide bonds. The minimum atomic E-state index is -0.475. The molecule has 1 aliphatic heterocycles. The first kappa shape index (κ1) is 18.3. The summed E-state index contributed by atoms with van der Waals surface area (Å²) in [5.41, 5.74) is 0.697. The molecule has 0 bridgehead atoms. The van der Waals surface area contributed by atoms with Crippen LogP contribution in [0.25, 0.3) is 0 Å². The summed E-state index contributed by atoms with van der Waals surface area (Å²) in [6.07, 6.45) is 0.481. The number of halogens is 1. The molecule has 1 heterocycles. The minimum absolute atomic E-state index is 0.0135. The molecule has 23 heavy (non-hydrogen) atoms. The van der Waals surface area contributed by atoms with Gasteiger partial charge >= 0.3 is 6.09 Å². The highest BCUT2D eigenvalue weighted by Gasteiger charge is 2.28. The summed E-state index contributed by atoms with van der Waals surface area (Å²) in [4.78, 5) is 13.9. The van der Waals surface area contributed by atoms with Crippen molar-refractivity contribution in [3.63, 3.8) is 0 Å². The van der Waals surface area contributed by atoms with Crippen LogP contribution >= 0.6 is 22.6 Å². The summed E-state index contributed by atoms with van der Waals surface area (Å²) in [5, 5.41) is 0. The molecule has 1 aliphatic rings. The largest absolute Gasteiger partial charge is 0.496 e. The monoisotopic (exact) mass is 433 g/mol. The zero-order chi connectivity index (χ0) is 17.0. The average molecular weight is 433 g/mol. The lowest BCUT2D eigenvalue weighted by molar-refractivity contribution is -0.0415. The Bertz CT molecular complexity index is 556. The van der Waals surface area contributed by atoms with Crippen molar-refractivity contribution in [3.8, 4) is 5.75 Å². The Labute approximate surface area is 151 Å². The first-order chi connectivity index (χ1) is 10.8. The van der Waals surface area contributed by atoms with E-state index in [2.05, 4.69) is 28.7 Å². The number of hydrogen-bond donors (Lipinski definition) is 0. The predicted molar refractivity (Wildman–Crippen MR) is 97.0 cm³/mol. The van der Waals surface area contributed by atoms with E-state index in [9.17, 15) is 4.79 Å². The minimum Gasteiger partial charge on any atom is -0.496 e. The number of ether oxygens (including phenoxy) is 3. The number of morpholine rings is 1. The van der Waals surface area contributed by atoms with Gasteiger partial charge in [0.05, 0.1) is 29.9 Å². The highest BCUT2D eigenvalue weighted by Crippen LogP contribution is 2.23. The number of methoxy groups -OCH3 is 1. The molecule has 128 valence electrons. The lowest BCUT2D eigenvalue weighted by Gasteiger charge is -2.34. The molecule has 0 spiro atoms. The number of carbonyl (C=O) groups excluding carboxylic acids is 1. The molecule has 0 radical (unpaired) electrons. The zero-order valence-electron chi connectivity index (χ0n) is 14.1. The number of hydrogen-bond acceptors (Lipinski definition) is 4. The Balaban J connectivity index is 1.96. The van der Waals surface area contributed by atoms with E-state index in [1.54, 1.807) is 12.0 Å². The summed E-state index contributed by atoms with van der Waals surface area (Å²) in [6, 6.07) is 6.09. The van der Waals surface area contributed by atoms with Gasteiger partial charge in [0.15, 0.2) is 0 Å². The van der Waals surface area contributed by atoms with Gasteiger partial charge in [-0.3, -0.25) is 0 Å². The van der Waals surface area contributed by atoms with Gasteiger partial charge in [-0.05, 0) is 61.1 Å². The van der Waals surface area contributed by atoms with Gasteiger partial charge in [-0.1, -0.05) is 6.07 Å². The Morgan fingerprint density at radius 2 is 2.17 bits per heavy atom. The normalized spacial score (nSPS) is 18.7. The summed E-state index contributed by atoms with van der Waals surface area (Å²) >= 11 is 2.26. The van der Waals surface area contributed by atoms with Crippen LogP contribution in [0.1, 0.15) is 26.3 Å². The molecular formula is C17H24INO4. The van der Waals surface area contributed by atoms with Crippen LogP contribution in [0.15, 0.2) is 18.2 Å². The van der Waals surface area contributed by atoms with Gasteiger partial charge in [-0.25, -0.2) is 4.79 Å². The fourth-order valence-corrected chi connectivity index (χ4v) is 3.23. The first-order valence-corrected chi connectivity index (χ1v) is 8.78. The fourth-order valence-electron chi connectivity index (χ4n) is 2.43. The maximum absolute atomic E-state index is 12.2. The quantitative estimate of drug-likeness (QED) is 0.686. The van der Waals surface area contributed by atoms with E-state index in [1.165, 1.54) is 5.56 Å². The summed E-state index contributed by atoms with van der Waals surface area (Å²) < 4.78 is 17.6.